The zero-order valence-electron chi connectivity index (χ0n) is 9.97. The van der Waals surface area contributed by atoms with Gasteiger partial charge in [-0.3, -0.25) is 4.79 Å². The van der Waals surface area contributed by atoms with E-state index < -0.39 is 0 Å². The second kappa shape index (κ2) is 3.96. The Labute approximate surface area is 92.3 Å². The topological polar surface area (TPSA) is 17.1 Å². The van der Waals surface area contributed by atoms with Crippen LogP contribution in [0.15, 0.2) is 22.8 Å². The summed E-state index contributed by atoms with van der Waals surface area (Å²) in [5.41, 5.74) is 3.95. The van der Waals surface area contributed by atoms with E-state index >= 15 is 0 Å². The normalized spacial score (nSPS) is 26.8. The minimum atomic E-state index is 0.372. The second-order valence-electron chi connectivity index (χ2n) is 5.18. The molecule has 82 valence electrons. The molecule has 1 heteroatoms. The second-order valence-corrected chi connectivity index (χ2v) is 5.18. The number of allylic oxidation sites excluding steroid dienone is 4. The molecule has 0 saturated carbocycles. The minimum Gasteiger partial charge on any atom is -0.294 e. The van der Waals surface area contributed by atoms with Crippen LogP contribution in [0.5, 0.6) is 0 Å². The molecule has 2 rings (SSSR count). The van der Waals surface area contributed by atoms with E-state index in [4.69, 9.17) is 0 Å². The highest BCUT2D eigenvalue weighted by molar-refractivity contribution is 6.01. The van der Waals surface area contributed by atoms with E-state index in [9.17, 15) is 4.79 Å². The predicted octanol–water partition coefficient (Wildman–Crippen LogP) is 3.66. The summed E-state index contributed by atoms with van der Waals surface area (Å²) in [4.78, 5) is 11.8. The van der Waals surface area contributed by atoms with Crippen molar-refractivity contribution in [1.82, 2.24) is 0 Å². The van der Waals surface area contributed by atoms with Gasteiger partial charge in [-0.15, -0.1) is 0 Å². The Morgan fingerprint density at radius 3 is 2.67 bits per heavy atom. The molecule has 0 aromatic heterocycles. The lowest BCUT2D eigenvalue weighted by Crippen LogP contribution is -1.99. The molecule has 0 spiro atoms. The molecule has 1 nitrogen and oxygen atoms in total. The smallest absolute Gasteiger partial charge is 0.163 e. The van der Waals surface area contributed by atoms with Crippen molar-refractivity contribution in [3.63, 3.8) is 0 Å². The van der Waals surface area contributed by atoms with Gasteiger partial charge in [0.2, 0.25) is 0 Å². The molecule has 0 fully saturated rings. The van der Waals surface area contributed by atoms with Gasteiger partial charge < -0.3 is 0 Å². The van der Waals surface area contributed by atoms with Crippen LogP contribution in [0.2, 0.25) is 0 Å². The van der Waals surface area contributed by atoms with Crippen LogP contribution in [0.1, 0.15) is 46.5 Å². The van der Waals surface area contributed by atoms with Gasteiger partial charge in [0.15, 0.2) is 5.78 Å². The molecular formula is C14H20O. The number of hydrogen-bond acceptors (Lipinski definition) is 1. The highest BCUT2D eigenvalue weighted by Crippen LogP contribution is 2.37. The summed E-state index contributed by atoms with van der Waals surface area (Å²) in [6.07, 6.45) is 6.34. The number of hydrogen-bond donors (Lipinski definition) is 0. The van der Waals surface area contributed by atoms with Gasteiger partial charge in [0.1, 0.15) is 0 Å². The highest BCUT2D eigenvalue weighted by Gasteiger charge is 2.27. The average molecular weight is 204 g/mol. The van der Waals surface area contributed by atoms with Gasteiger partial charge in [0, 0.05) is 12.0 Å². The standard InChI is InChI=1S/C14H20O/c1-9(2)11-5-4-10(3)12-6-7-14(15)13(12)8-11/h8-10H,4-7H2,1-3H3/t10-/m1/s1. The fourth-order valence-corrected chi connectivity index (χ4v) is 2.65. The van der Waals surface area contributed by atoms with Gasteiger partial charge in [-0.1, -0.05) is 38.0 Å². The first kappa shape index (κ1) is 10.7. The predicted molar refractivity (Wildman–Crippen MR) is 62.6 cm³/mol. The number of ketones is 1. The molecule has 0 bridgehead atoms. The molecule has 0 aliphatic heterocycles. The Morgan fingerprint density at radius 1 is 1.27 bits per heavy atom. The summed E-state index contributed by atoms with van der Waals surface area (Å²) in [7, 11) is 0. The Balaban J connectivity index is 2.38. The molecule has 0 N–H and O–H groups in total. The average Bonchev–Trinajstić information content (AvgIpc) is 2.43. The number of Topliss-reactive ketones (excluding diaryl/α,β-unsaturated/α-hetero) is 1. The molecule has 0 aromatic carbocycles. The maximum absolute atomic E-state index is 11.8. The van der Waals surface area contributed by atoms with Crippen LogP contribution < -0.4 is 0 Å². The minimum absolute atomic E-state index is 0.372. The Morgan fingerprint density at radius 2 is 2.00 bits per heavy atom. The molecule has 0 amide bonds. The molecular weight excluding hydrogens is 184 g/mol. The number of carbonyl (C=O) groups is 1. The first-order valence-electron chi connectivity index (χ1n) is 6.06. The SMILES string of the molecule is CC(C)C1=CC2=C(CCC2=O)[C@H](C)CC1. The van der Waals surface area contributed by atoms with E-state index in [1.54, 1.807) is 0 Å². The summed E-state index contributed by atoms with van der Waals surface area (Å²) in [5, 5.41) is 0. The van der Waals surface area contributed by atoms with E-state index in [1.165, 1.54) is 24.0 Å². The zero-order chi connectivity index (χ0) is 11.0. The molecule has 0 aromatic rings. The third-order valence-electron chi connectivity index (χ3n) is 3.80. The lowest BCUT2D eigenvalue weighted by Gasteiger charge is -2.12. The third-order valence-corrected chi connectivity index (χ3v) is 3.80. The molecule has 0 heterocycles. The molecule has 0 radical (unpaired) electrons. The first-order valence-corrected chi connectivity index (χ1v) is 6.06. The monoisotopic (exact) mass is 204 g/mol. The van der Waals surface area contributed by atoms with Crippen molar-refractivity contribution in [3.8, 4) is 0 Å². The van der Waals surface area contributed by atoms with Gasteiger partial charge in [-0.25, -0.2) is 0 Å². The summed E-state index contributed by atoms with van der Waals surface area (Å²) in [6.45, 7) is 6.72. The molecule has 15 heavy (non-hydrogen) atoms. The molecule has 2 aliphatic carbocycles. The van der Waals surface area contributed by atoms with Crippen molar-refractivity contribution >= 4 is 5.78 Å². The third kappa shape index (κ3) is 1.92. The van der Waals surface area contributed by atoms with Crippen LogP contribution in [0.3, 0.4) is 0 Å². The first-order chi connectivity index (χ1) is 7.09. The lowest BCUT2D eigenvalue weighted by molar-refractivity contribution is -0.114. The van der Waals surface area contributed by atoms with Crippen LogP contribution in [-0.4, -0.2) is 5.78 Å². The van der Waals surface area contributed by atoms with Gasteiger partial charge in [0.05, 0.1) is 0 Å². The summed E-state index contributed by atoms with van der Waals surface area (Å²) < 4.78 is 0. The van der Waals surface area contributed by atoms with Gasteiger partial charge in [-0.2, -0.15) is 0 Å². The summed E-state index contributed by atoms with van der Waals surface area (Å²) in [5.74, 6) is 1.56. The van der Waals surface area contributed by atoms with Crippen LogP contribution in [-0.2, 0) is 4.79 Å². The Hall–Kier alpha value is -0.850. The Kier molecular flexibility index (Phi) is 2.81. The molecule has 0 unspecified atom stereocenters. The van der Waals surface area contributed by atoms with Crippen molar-refractivity contribution in [1.29, 1.82) is 0 Å². The number of rotatable bonds is 1. The van der Waals surface area contributed by atoms with Crippen LogP contribution in [0.4, 0.5) is 0 Å². The van der Waals surface area contributed by atoms with E-state index in [0.717, 1.165) is 18.4 Å². The van der Waals surface area contributed by atoms with Crippen molar-refractivity contribution in [2.45, 2.75) is 46.5 Å². The van der Waals surface area contributed by atoms with Crippen molar-refractivity contribution in [2.24, 2.45) is 11.8 Å². The summed E-state index contributed by atoms with van der Waals surface area (Å²) >= 11 is 0. The molecule has 1 atom stereocenters. The van der Waals surface area contributed by atoms with Crippen molar-refractivity contribution in [3.05, 3.63) is 22.8 Å². The number of carbonyl (C=O) groups excluding carboxylic acids is 1. The summed E-state index contributed by atoms with van der Waals surface area (Å²) in [6, 6.07) is 0. The highest BCUT2D eigenvalue weighted by atomic mass is 16.1. The maximum atomic E-state index is 11.8. The lowest BCUT2D eigenvalue weighted by atomic mass is 9.93. The van der Waals surface area contributed by atoms with Crippen molar-refractivity contribution < 1.29 is 4.79 Å². The van der Waals surface area contributed by atoms with Gasteiger partial charge in [-0.05, 0) is 31.1 Å². The van der Waals surface area contributed by atoms with Crippen LogP contribution in [0.25, 0.3) is 0 Å². The van der Waals surface area contributed by atoms with Crippen molar-refractivity contribution in [2.75, 3.05) is 0 Å². The van der Waals surface area contributed by atoms with E-state index in [1.807, 2.05) is 0 Å². The fraction of sp³-hybridized carbons (Fsp3) is 0.643. The van der Waals surface area contributed by atoms with Gasteiger partial charge in [0.25, 0.3) is 0 Å². The molecule has 2 aliphatic rings. The van der Waals surface area contributed by atoms with Crippen LogP contribution in [0, 0.1) is 11.8 Å². The maximum Gasteiger partial charge on any atom is 0.163 e. The van der Waals surface area contributed by atoms with E-state index in [0.29, 0.717) is 17.6 Å². The fourth-order valence-electron chi connectivity index (χ4n) is 2.65. The molecule has 0 saturated heterocycles. The van der Waals surface area contributed by atoms with E-state index in [-0.39, 0.29) is 0 Å². The van der Waals surface area contributed by atoms with Gasteiger partial charge >= 0.3 is 0 Å². The van der Waals surface area contributed by atoms with E-state index in [2.05, 4.69) is 26.8 Å². The van der Waals surface area contributed by atoms with Crippen LogP contribution >= 0.6 is 0 Å². The largest absolute Gasteiger partial charge is 0.294 e. The Bertz CT molecular complexity index is 344. The quantitative estimate of drug-likeness (QED) is 0.637. The zero-order valence-corrected chi connectivity index (χ0v) is 9.97.